The Bertz CT molecular complexity index is 341. The predicted octanol–water partition coefficient (Wildman–Crippen LogP) is 2.83. The molecular weight excluding hydrogens is 266 g/mol. The predicted molar refractivity (Wildman–Crippen MR) is 72.5 cm³/mol. The number of phenols is 1. The number of rotatable bonds is 3. The van der Waals surface area contributed by atoms with E-state index in [-0.39, 0.29) is 17.0 Å². The molecule has 2 nitrogen and oxygen atoms in total. The Balaban J connectivity index is 0.00000128. The summed E-state index contributed by atoms with van der Waals surface area (Å²) in [6.07, 6.45) is 4.39. The monoisotopic (exact) mass is 285 g/mol. The summed E-state index contributed by atoms with van der Waals surface area (Å²) in [4.78, 5) is 0. The average Bonchev–Trinajstić information content (AvgIpc) is 2.26. The van der Waals surface area contributed by atoms with Gasteiger partial charge in [0, 0.05) is 6.04 Å². The second-order valence-electron chi connectivity index (χ2n) is 4.31. The second-order valence-corrected chi connectivity index (χ2v) is 4.31. The molecule has 1 aromatic rings. The minimum Gasteiger partial charge on any atom is -0.508 e. The van der Waals surface area contributed by atoms with Crippen LogP contribution in [-0.2, 0) is 12.8 Å². The van der Waals surface area contributed by atoms with Crippen LogP contribution in [0.25, 0.3) is 0 Å². The van der Waals surface area contributed by atoms with Crippen molar-refractivity contribution in [1.29, 1.82) is 0 Å². The molecule has 0 saturated heterocycles. The van der Waals surface area contributed by atoms with E-state index in [0.29, 0.717) is 11.8 Å². The van der Waals surface area contributed by atoms with Gasteiger partial charge in [-0.2, -0.15) is 0 Å². The van der Waals surface area contributed by atoms with Crippen LogP contribution in [-0.4, -0.2) is 17.7 Å². The van der Waals surface area contributed by atoms with E-state index in [2.05, 4.69) is 18.3 Å². The van der Waals surface area contributed by atoms with E-state index in [1.807, 2.05) is 6.07 Å². The number of aromatic hydroxyl groups is 1. The smallest absolute Gasteiger partial charge is 0.119 e. The van der Waals surface area contributed by atoms with Gasteiger partial charge in [-0.25, -0.2) is 0 Å². The number of hydrogen-bond donors (Lipinski definition) is 2. The van der Waals surface area contributed by atoms with Gasteiger partial charge in [0.25, 0.3) is 0 Å². The van der Waals surface area contributed by atoms with E-state index in [1.165, 1.54) is 12.0 Å². The minimum atomic E-state index is 0. The minimum absolute atomic E-state index is 0. The van der Waals surface area contributed by atoms with Gasteiger partial charge in [0.05, 0.1) is 0 Å². The topological polar surface area (TPSA) is 32.3 Å². The fourth-order valence-electron chi connectivity index (χ4n) is 2.31. The number of fused-ring (bicyclic) bond motifs is 1. The van der Waals surface area contributed by atoms with Crippen molar-refractivity contribution in [2.75, 3.05) is 6.54 Å². The summed E-state index contributed by atoms with van der Waals surface area (Å²) in [5.41, 5.74) is 2.47. The quantitative estimate of drug-likeness (QED) is 0.895. The van der Waals surface area contributed by atoms with Gasteiger partial charge in [-0.05, 0) is 49.4 Å². The lowest BCUT2D eigenvalue weighted by molar-refractivity contribution is 0.432. The van der Waals surface area contributed by atoms with Gasteiger partial charge in [0.15, 0.2) is 0 Å². The summed E-state index contributed by atoms with van der Waals surface area (Å²) in [5, 5.41) is 13.2. The molecule has 0 heterocycles. The van der Waals surface area contributed by atoms with Crippen LogP contribution < -0.4 is 5.32 Å². The highest BCUT2D eigenvalue weighted by atomic mass is 79.9. The van der Waals surface area contributed by atoms with Crippen molar-refractivity contribution in [1.82, 2.24) is 5.32 Å². The van der Waals surface area contributed by atoms with Crippen LogP contribution in [0.1, 0.15) is 30.9 Å². The van der Waals surface area contributed by atoms with E-state index in [9.17, 15) is 5.11 Å². The summed E-state index contributed by atoms with van der Waals surface area (Å²) in [6.45, 7) is 3.29. The highest BCUT2D eigenvalue weighted by molar-refractivity contribution is 8.93. The summed E-state index contributed by atoms with van der Waals surface area (Å²) in [5.74, 6) is 0.474. The fraction of sp³-hybridized carbons (Fsp3) is 0.538. The van der Waals surface area contributed by atoms with E-state index < -0.39 is 0 Å². The average molecular weight is 286 g/mol. The molecule has 2 rings (SSSR count). The van der Waals surface area contributed by atoms with Gasteiger partial charge in [-0.3, -0.25) is 0 Å². The van der Waals surface area contributed by atoms with E-state index in [1.54, 1.807) is 6.07 Å². The van der Waals surface area contributed by atoms with Gasteiger partial charge < -0.3 is 10.4 Å². The Hall–Kier alpha value is -0.540. The van der Waals surface area contributed by atoms with Crippen molar-refractivity contribution >= 4 is 17.0 Å². The third-order valence-corrected chi connectivity index (χ3v) is 3.14. The molecule has 0 bridgehead atoms. The van der Waals surface area contributed by atoms with E-state index in [0.717, 1.165) is 31.4 Å². The zero-order valence-electron chi connectivity index (χ0n) is 9.70. The first-order chi connectivity index (χ1) is 7.31. The lowest BCUT2D eigenvalue weighted by Crippen LogP contribution is -2.34. The maximum absolute atomic E-state index is 9.70. The van der Waals surface area contributed by atoms with Crippen molar-refractivity contribution in [3.8, 4) is 5.75 Å². The van der Waals surface area contributed by atoms with E-state index in [4.69, 9.17) is 0 Å². The number of benzene rings is 1. The third-order valence-electron chi connectivity index (χ3n) is 3.14. The Kier molecular flexibility index (Phi) is 5.29. The zero-order valence-corrected chi connectivity index (χ0v) is 11.4. The van der Waals surface area contributed by atoms with Gasteiger partial charge >= 0.3 is 0 Å². The van der Waals surface area contributed by atoms with Gasteiger partial charge in [0.2, 0.25) is 0 Å². The first-order valence-corrected chi connectivity index (χ1v) is 5.84. The standard InChI is InChI=1S/C13H19NO.BrH/c1-2-8-14-11-6-7-12-10(9-11)4-3-5-13(12)15;/h3-5,11,14-15H,2,6-9H2,1H3;1H. The highest BCUT2D eigenvalue weighted by Crippen LogP contribution is 2.28. The van der Waals surface area contributed by atoms with Crippen molar-refractivity contribution in [3.05, 3.63) is 29.3 Å². The number of phenolic OH excluding ortho intramolecular Hbond substituents is 1. The third kappa shape index (κ3) is 2.98. The molecule has 1 aliphatic rings. The molecule has 1 aliphatic carbocycles. The summed E-state index contributed by atoms with van der Waals surface area (Å²) >= 11 is 0. The lowest BCUT2D eigenvalue weighted by Gasteiger charge is -2.25. The highest BCUT2D eigenvalue weighted by Gasteiger charge is 2.19. The Morgan fingerprint density at radius 3 is 3.00 bits per heavy atom. The molecule has 90 valence electrons. The molecule has 1 aromatic carbocycles. The molecule has 0 spiro atoms. The molecule has 1 atom stereocenters. The molecular formula is C13H20BrNO. The van der Waals surface area contributed by atoms with E-state index >= 15 is 0 Å². The van der Waals surface area contributed by atoms with Crippen LogP contribution in [0, 0.1) is 0 Å². The van der Waals surface area contributed by atoms with Crippen LogP contribution >= 0.6 is 17.0 Å². The normalized spacial score (nSPS) is 18.7. The largest absolute Gasteiger partial charge is 0.508 e. The number of hydrogen-bond acceptors (Lipinski definition) is 2. The lowest BCUT2D eigenvalue weighted by atomic mass is 9.87. The summed E-state index contributed by atoms with van der Waals surface area (Å²) < 4.78 is 0. The number of halogens is 1. The molecule has 0 fully saturated rings. The van der Waals surface area contributed by atoms with Crippen molar-refractivity contribution in [3.63, 3.8) is 0 Å². The fourth-order valence-corrected chi connectivity index (χ4v) is 2.31. The maximum Gasteiger partial charge on any atom is 0.119 e. The van der Waals surface area contributed by atoms with Crippen LogP contribution in [0.2, 0.25) is 0 Å². The summed E-state index contributed by atoms with van der Waals surface area (Å²) in [6, 6.07) is 6.46. The summed E-state index contributed by atoms with van der Waals surface area (Å²) in [7, 11) is 0. The van der Waals surface area contributed by atoms with Gasteiger partial charge in [-0.1, -0.05) is 19.1 Å². The van der Waals surface area contributed by atoms with Gasteiger partial charge in [-0.15, -0.1) is 17.0 Å². The molecule has 0 aromatic heterocycles. The zero-order chi connectivity index (χ0) is 10.7. The first kappa shape index (κ1) is 13.5. The molecule has 2 N–H and O–H groups in total. The molecule has 3 heteroatoms. The van der Waals surface area contributed by atoms with Gasteiger partial charge in [0.1, 0.15) is 5.75 Å². The SMILES string of the molecule is Br.CCCNC1CCc2c(O)cccc2C1. The van der Waals surface area contributed by atoms with Crippen molar-refractivity contribution in [2.45, 2.75) is 38.6 Å². The maximum atomic E-state index is 9.70. The van der Waals surface area contributed by atoms with Crippen molar-refractivity contribution in [2.24, 2.45) is 0 Å². The van der Waals surface area contributed by atoms with Crippen LogP contribution in [0.3, 0.4) is 0 Å². The van der Waals surface area contributed by atoms with Crippen LogP contribution in [0.15, 0.2) is 18.2 Å². The first-order valence-electron chi connectivity index (χ1n) is 5.84. The van der Waals surface area contributed by atoms with Crippen molar-refractivity contribution < 1.29 is 5.11 Å². The molecule has 16 heavy (non-hydrogen) atoms. The molecule has 0 amide bonds. The van der Waals surface area contributed by atoms with Crippen LogP contribution in [0.4, 0.5) is 0 Å². The Morgan fingerprint density at radius 1 is 1.44 bits per heavy atom. The molecule has 0 saturated carbocycles. The number of nitrogens with one attached hydrogen (secondary N) is 1. The molecule has 0 aliphatic heterocycles. The Morgan fingerprint density at radius 2 is 2.25 bits per heavy atom. The second kappa shape index (κ2) is 6.26. The van der Waals surface area contributed by atoms with Crippen LogP contribution in [0.5, 0.6) is 5.75 Å². The molecule has 0 radical (unpaired) electrons. The Labute approximate surface area is 108 Å². The molecule has 1 unspecified atom stereocenters.